The molecule has 1 amide bonds. The van der Waals surface area contributed by atoms with Crippen LogP contribution >= 0.6 is 0 Å². The van der Waals surface area contributed by atoms with Crippen molar-refractivity contribution in [1.82, 2.24) is 19.9 Å². The van der Waals surface area contributed by atoms with Gasteiger partial charge in [0.15, 0.2) is 11.5 Å². The van der Waals surface area contributed by atoms with Crippen LogP contribution in [0, 0.1) is 0 Å². The zero-order chi connectivity index (χ0) is 15.6. The number of fused-ring (bicyclic) bond motifs is 1. The molecule has 0 fully saturated rings. The lowest BCUT2D eigenvalue weighted by Crippen LogP contribution is -2.40. The number of amides is 1. The van der Waals surface area contributed by atoms with E-state index in [1.54, 1.807) is 0 Å². The van der Waals surface area contributed by atoms with E-state index in [2.05, 4.69) is 15.5 Å². The Hall–Kier alpha value is -2.69. The minimum atomic E-state index is -0.595. The quantitative estimate of drug-likeness (QED) is 0.803. The molecule has 22 heavy (non-hydrogen) atoms. The number of benzene rings is 1. The molecule has 3 aromatic rings. The molecule has 0 saturated heterocycles. The first-order valence-corrected chi connectivity index (χ1v) is 7.21. The maximum Gasteiger partial charge on any atom is 0.230 e. The van der Waals surface area contributed by atoms with Crippen molar-refractivity contribution < 1.29 is 4.79 Å². The highest BCUT2D eigenvalue weighted by molar-refractivity contribution is 5.87. The van der Waals surface area contributed by atoms with E-state index >= 15 is 0 Å². The number of rotatable bonds is 4. The smallest absolute Gasteiger partial charge is 0.230 e. The molecule has 0 bridgehead atoms. The lowest BCUT2D eigenvalue weighted by molar-refractivity contribution is -0.125. The summed E-state index contributed by atoms with van der Waals surface area (Å²) in [5, 5.41) is 11.2. The molecule has 0 aliphatic heterocycles. The summed E-state index contributed by atoms with van der Waals surface area (Å²) in [4.78, 5) is 12.5. The number of carbonyl (C=O) groups is 1. The van der Waals surface area contributed by atoms with Gasteiger partial charge >= 0.3 is 0 Å². The first kappa shape index (κ1) is 14.3. The fourth-order valence-electron chi connectivity index (χ4n) is 2.38. The van der Waals surface area contributed by atoms with Crippen LogP contribution < -0.4 is 5.32 Å². The lowest BCUT2D eigenvalue weighted by atomic mass is 9.84. The molecule has 0 aliphatic rings. The Morgan fingerprint density at radius 3 is 2.59 bits per heavy atom. The summed E-state index contributed by atoms with van der Waals surface area (Å²) in [5.74, 6) is 0.680. The number of carbonyl (C=O) groups excluding carboxylic acids is 1. The van der Waals surface area contributed by atoms with E-state index in [1.165, 1.54) is 0 Å². The first-order valence-electron chi connectivity index (χ1n) is 7.21. The molecular formula is C17H18N4O. The predicted molar refractivity (Wildman–Crippen MR) is 84.3 cm³/mol. The predicted octanol–water partition coefficient (Wildman–Crippen LogP) is 2.32. The van der Waals surface area contributed by atoms with Crippen molar-refractivity contribution in [3.8, 4) is 0 Å². The third-order valence-corrected chi connectivity index (χ3v) is 3.85. The summed E-state index contributed by atoms with van der Waals surface area (Å²) in [6, 6.07) is 15.5. The zero-order valence-electron chi connectivity index (χ0n) is 12.7. The van der Waals surface area contributed by atoms with Gasteiger partial charge in [-0.3, -0.25) is 9.20 Å². The van der Waals surface area contributed by atoms with Gasteiger partial charge in [-0.1, -0.05) is 36.4 Å². The average molecular weight is 294 g/mol. The maximum atomic E-state index is 12.5. The molecule has 0 radical (unpaired) electrons. The van der Waals surface area contributed by atoms with Crippen molar-refractivity contribution in [2.24, 2.45) is 0 Å². The van der Waals surface area contributed by atoms with E-state index in [4.69, 9.17) is 0 Å². The molecular weight excluding hydrogens is 276 g/mol. The fraction of sp³-hybridized carbons (Fsp3) is 0.235. The number of nitrogens with zero attached hydrogens (tertiary/aromatic N) is 3. The molecule has 0 aliphatic carbocycles. The number of pyridine rings is 1. The molecule has 112 valence electrons. The van der Waals surface area contributed by atoms with E-state index in [-0.39, 0.29) is 5.91 Å². The Morgan fingerprint density at radius 2 is 1.82 bits per heavy atom. The van der Waals surface area contributed by atoms with Crippen molar-refractivity contribution in [2.45, 2.75) is 25.8 Å². The summed E-state index contributed by atoms with van der Waals surface area (Å²) < 4.78 is 1.87. The largest absolute Gasteiger partial charge is 0.348 e. The van der Waals surface area contributed by atoms with Gasteiger partial charge in [0.25, 0.3) is 0 Å². The summed E-state index contributed by atoms with van der Waals surface area (Å²) in [6.07, 6.45) is 1.89. The highest BCUT2D eigenvalue weighted by atomic mass is 16.2. The van der Waals surface area contributed by atoms with E-state index in [0.717, 1.165) is 11.2 Å². The van der Waals surface area contributed by atoms with Crippen LogP contribution in [0.15, 0.2) is 54.7 Å². The van der Waals surface area contributed by atoms with Crippen molar-refractivity contribution in [1.29, 1.82) is 0 Å². The van der Waals surface area contributed by atoms with E-state index < -0.39 is 5.41 Å². The van der Waals surface area contributed by atoms with Crippen molar-refractivity contribution in [3.05, 3.63) is 66.1 Å². The van der Waals surface area contributed by atoms with Gasteiger partial charge in [-0.25, -0.2) is 0 Å². The van der Waals surface area contributed by atoms with Crippen LogP contribution in [0.1, 0.15) is 25.2 Å². The van der Waals surface area contributed by atoms with Crippen LogP contribution in [0.25, 0.3) is 5.65 Å². The fourth-order valence-corrected chi connectivity index (χ4v) is 2.38. The Bertz CT molecular complexity index is 793. The van der Waals surface area contributed by atoms with Gasteiger partial charge in [-0.2, -0.15) is 0 Å². The second kappa shape index (κ2) is 5.60. The summed E-state index contributed by atoms with van der Waals surface area (Å²) in [7, 11) is 0. The zero-order valence-corrected chi connectivity index (χ0v) is 12.7. The number of hydrogen-bond acceptors (Lipinski definition) is 3. The number of nitrogens with one attached hydrogen (secondary N) is 1. The molecule has 3 rings (SSSR count). The van der Waals surface area contributed by atoms with Crippen molar-refractivity contribution >= 4 is 11.6 Å². The van der Waals surface area contributed by atoms with Gasteiger partial charge in [-0.15, -0.1) is 10.2 Å². The summed E-state index contributed by atoms with van der Waals surface area (Å²) in [5.41, 5.74) is 1.16. The summed E-state index contributed by atoms with van der Waals surface area (Å²) in [6.45, 7) is 4.18. The van der Waals surface area contributed by atoms with E-state index in [0.29, 0.717) is 12.4 Å². The Labute approximate surface area is 129 Å². The Kier molecular flexibility index (Phi) is 3.63. The molecule has 5 heteroatoms. The van der Waals surface area contributed by atoms with Crippen LogP contribution in [-0.4, -0.2) is 20.5 Å². The maximum absolute atomic E-state index is 12.5. The molecule has 0 atom stereocenters. The highest BCUT2D eigenvalue weighted by Crippen LogP contribution is 2.23. The van der Waals surface area contributed by atoms with Crippen LogP contribution in [0.5, 0.6) is 0 Å². The Morgan fingerprint density at radius 1 is 1.09 bits per heavy atom. The van der Waals surface area contributed by atoms with E-state index in [9.17, 15) is 4.79 Å². The third-order valence-electron chi connectivity index (χ3n) is 3.85. The third kappa shape index (κ3) is 2.57. The standard InChI is InChI=1S/C17H18N4O/c1-17(2,13-8-4-3-5-9-13)16(22)18-12-15-20-19-14-10-6-7-11-21(14)15/h3-11H,12H2,1-2H3,(H,18,22). The van der Waals surface area contributed by atoms with Gasteiger partial charge in [0.1, 0.15) is 0 Å². The van der Waals surface area contributed by atoms with Crippen molar-refractivity contribution in [2.75, 3.05) is 0 Å². The van der Waals surface area contributed by atoms with Gasteiger partial charge in [0.2, 0.25) is 5.91 Å². The Balaban J connectivity index is 1.75. The second-order valence-corrected chi connectivity index (χ2v) is 5.72. The van der Waals surface area contributed by atoms with Gasteiger partial charge in [0, 0.05) is 6.20 Å². The second-order valence-electron chi connectivity index (χ2n) is 5.72. The number of aromatic nitrogens is 3. The molecule has 2 heterocycles. The van der Waals surface area contributed by atoms with E-state index in [1.807, 2.05) is 73.0 Å². The average Bonchev–Trinajstić information content (AvgIpc) is 2.96. The minimum Gasteiger partial charge on any atom is -0.348 e. The minimum absolute atomic E-state index is 0.0358. The van der Waals surface area contributed by atoms with Gasteiger partial charge in [-0.05, 0) is 31.5 Å². The van der Waals surface area contributed by atoms with Crippen LogP contribution in [0.2, 0.25) is 0 Å². The highest BCUT2D eigenvalue weighted by Gasteiger charge is 2.29. The van der Waals surface area contributed by atoms with Gasteiger partial charge in [0.05, 0.1) is 12.0 Å². The molecule has 2 aromatic heterocycles. The SMILES string of the molecule is CC(C)(C(=O)NCc1nnc2ccccn12)c1ccccc1. The normalized spacial score (nSPS) is 11.5. The monoisotopic (exact) mass is 294 g/mol. The molecule has 1 aromatic carbocycles. The van der Waals surface area contributed by atoms with Crippen LogP contribution in [0.3, 0.4) is 0 Å². The van der Waals surface area contributed by atoms with Crippen molar-refractivity contribution in [3.63, 3.8) is 0 Å². The lowest BCUT2D eigenvalue weighted by Gasteiger charge is -2.23. The summed E-state index contributed by atoms with van der Waals surface area (Å²) >= 11 is 0. The van der Waals surface area contributed by atoms with Crippen LogP contribution in [0.4, 0.5) is 0 Å². The molecule has 1 N–H and O–H groups in total. The topological polar surface area (TPSA) is 59.3 Å². The molecule has 0 saturated carbocycles. The number of hydrogen-bond donors (Lipinski definition) is 1. The van der Waals surface area contributed by atoms with Gasteiger partial charge < -0.3 is 5.32 Å². The molecule has 0 spiro atoms. The molecule has 0 unspecified atom stereocenters. The first-order chi connectivity index (χ1) is 10.6. The van der Waals surface area contributed by atoms with Crippen LogP contribution in [-0.2, 0) is 16.8 Å². The molecule has 5 nitrogen and oxygen atoms in total.